The van der Waals surface area contributed by atoms with Crippen LogP contribution < -0.4 is 10.6 Å². The van der Waals surface area contributed by atoms with Crippen molar-refractivity contribution in [1.82, 2.24) is 15.5 Å². The van der Waals surface area contributed by atoms with Gasteiger partial charge in [0.15, 0.2) is 0 Å². The number of aliphatic hydroxyl groups is 1. The van der Waals surface area contributed by atoms with Crippen LogP contribution in [-0.4, -0.2) is 70.0 Å². The van der Waals surface area contributed by atoms with E-state index < -0.39 is 16.7 Å². The fourth-order valence-electron chi connectivity index (χ4n) is 5.45. The van der Waals surface area contributed by atoms with Gasteiger partial charge in [0.1, 0.15) is 6.04 Å². The third-order valence-electron chi connectivity index (χ3n) is 6.73. The fourth-order valence-corrected chi connectivity index (χ4v) is 7.87. The van der Waals surface area contributed by atoms with Crippen molar-refractivity contribution in [1.29, 1.82) is 0 Å². The number of hydrogen-bond acceptors (Lipinski definition) is 5. The van der Waals surface area contributed by atoms with Crippen molar-refractivity contribution in [2.75, 3.05) is 26.2 Å². The molecule has 3 unspecified atom stereocenters. The van der Waals surface area contributed by atoms with E-state index in [-0.39, 0.29) is 41.4 Å². The first-order valence-electron chi connectivity index (χ1n) is 11.1. The summed E-state index contributed by atoms with van der Waals surface area (Å²) in [5, 5.41) is 15.4. The molecule has 2 bridgehead atoms. The van der Waals surface area contributed by atoms with E-state index in [0.717, 1.165) is 25.7 Å². The van der Waals surface area contributed by atoms with E-state index in [1.165, 1.54) is 0 Å². The quantitative estimate of drug-likeness (QED) is 0.456. The van der Waals surface area contributed by atoms with Crippen LogP contribution in [0.15, 0.2) is 0 Å². The van der Waals surface area contributed by atoms with Gasteiger partial charge >= 0.3 is 0 Å². The Morgan fingerprint density at radius 2 is 1.90 bits per heavy atom. The molecule has 0 aromatic heterocycles. The highest BCUT2D eigenvalue weighted by molar-refractivity contribution is 8.02. The molecule has 7 nitrogen and oxygen atoms in total. The molecule has 0 aromatic rings. The van der Waals surface area contributed by atoms with Gasteiger partial charge in [-0.25, -0.2) is 0 Å². The Balaban J connectivity index is 1.93. The highest BCUT2D eigenvalue weighted by atomic mass is 32.2. The van der Waals surface area contributed by atoms with Gasteiger partial charge in [0.25, 0.3) is 0 Å². The molecular weight excluding hydrogens is 390 g/mol. The van der Waals surface area contributed by atoms with Crippen LogP contribution in [0.2, 0.25) is 0 Å². The largest absolute Gasteiger partial charge is 0.396 e. The lowest BCUT2D eigenvalue weighted by Crippen LogP contribution is -2.56. The summed E-state index contributed by atoms with van der Waals surface area (Å²) in [7, 11) is 0. The summed E-state index contributed by atoms with van der Waals surface area (Å²) in [6, 6.07) is -0.572. The number of carbonyl (C=O) groups excluding carboxylic acids is 3. The predicted molar refractivity (Wildman–Crippen MR) is 113 cm³/mol. The van der Waals surface area contributed by atoms with Crippen LogP contribution in [0.4, 0.5) is 0 Å². The van der Waals surface area contributed by atoms with Crippen LogP contribution in [0.25, 0.3) is 0 Å². The average molecular weight is 426 g/mol. The SMILES string of the molecule is CCCCNC(=O)C1N(CCCO)C(=O)[C@@H]2[C@H](C(=O)NCCC)[C@@H]3CC(C)C12S3. The number of fused-ring (bicyclic) bond motifs is 1. The molecule has 6 atom stereocenters. The predicted octanol–water partition coefficient (Wildman–Crippen LogP) is 1.15. The van der Waals surface area contributed by atoms with Gasteiger partial charge in [0.05, 0.1) is 16.6 Å². The van der Waals surface area contributed by atoms with E-state index in [0.29, 0.717) is 26.1 Å². The molecule has 164 valence electrons. The number of aliphatic hydroxyl groups excluding tert-OH is 1. The molecule has 0 saturated carbocycles. The minimum atomic E-state index is -0.572. The van der Waals surface area contributed by atoms with Gasteiger partial charge in [-0.05, 0) is 31.6 Å². The van der Waals surface area contributed by atoms with Crippen molar-refractivity contribution in [3.05, 3.63) is 0 Å². The number of amides is 3. The summed E-state index contributed by atoms with van der Waals surface area (Å²) in [4.78, 5) is 41.4. The number of unbranched alkanes of at least 4 members (excludes halogenated alkanes) is 1. The molecule has 1 spiro atoms. The topological polar surface area (TPSA) is 98.7 Å². The summed E-state index contributed by atoms with van der Waals surface area (Å²) >= 11 is 1.70. The van der Waals surface area contributed by atoms with Gasteiger partial charge in [-0.3, -0.25) is 14.4 Å². The summed E-state index contributed by atoms with van der Waals surface area (Å²) in [5.41, 5.74) is 0. The molecule has 0 aromatic carbocycles. The zero-order valence-electron chi connectivity index (χ0n) is 17.8. The maximum atomic E-state index is 13.5. The van der Waals surface area contributed by atoms with E-state index in [9.17, 15) is 19.5 Å². The summed E-state index contributed by atoms with van der Waals surface area (Å²) < 4.78 is -0.554. The maximum absolute atomic E-state index is 13.5. The second-order valence-electron chi connectivity index (χ2n) is 8.60. The highest BCUT2D eigenvalue weighted by Gasteiger charge is 2.75. The first-order valence-corrected chi connectivity index (χ1v) is 12.0. The number of rotatable bonds is 10. The van der Waals surface area contributed by atoms with Gasteiger partial charge in [0.2, 0.25) is 17.7 Å². The molecule has 3 N–H and O–H groups in total. The molecule has 3 heterocycles. The van der Waals surface area contributed by atoms with E-state index >= 15 is 0 Å². The van der Waals surface area contributed by atoms with Crippen molar-refractivity contribution in [2.24, 2.45) is 17.8 Å². The standard InChI is InChI=1S/C21H35N3O4S/c1-4-6-9-23-19(27)17-21-13(3)12-14(29-21)15(18(26)22-8-5-2)16(21)20(28)24(17)10-7-11-25/h13-17,25H,4-12H2,1-3H3,(H,22,26)(H,23,27)/t13?,14-,15+,16-,17?,21?/m0/s1. The van der Waals surface area contributed by atoms with Crippen LogP contribution in [0.3, 0.4) is 0 Å². The van der Waals surface area contributed by atoms with Crippen LogP contribution in [-0.2, 0) is 14.4 Å². The van der Waals surface area contributed by atoms with E-state index in [1.807, 2.05) is 6.92 Å². The van der Waals surface area contributed by atoms with Crippen LogP contribution in [0.5, 0.6) is 0 Å². The molecule has 3 rings (SSSR count). The first-order chi connectivity index (χ1) is 13.9. The molecule has 3 saturated heterocycles. The number of hydrogen-bond donors (Lipinski definition) is 3. The zero-order valence-corrected chi connectivity index (χ0v) is 18.6. The first kappa shape index (κ1) is 22.4. The van der Waals surface area contributed by atoms with Crippen molar-refractivity contribution in [2.45, 2.75) is 68.9 Å². The average Bonchev–Trinajstić information content (AvgIpc) is 3.28. The zero-order chi connectivity index (χ0) is 21.2. The molecule has 8 heteroatoms. The molecule has 3 amide bonds. The summed E-state index contributed by atoms with van der Waals surface area (Å²) in [6.45, 7) is 7.72. The van der Waals surface area contributed by atoms with Gasteiger partial charge in [-0.1, -0.05) is 27.2 Å². The highest BCUT2D eigenvalue weighted by Crippen LogP contribution is 2.68. The number of thioether (sulfide) groups is 1. The molecule has 3 aliphatic heterocycles. The van der Waals surface area contributed by atoms with Crippen LogP contribution in [0, 0.1) is 17.8 Å². The van der Waals surface area contributed by atoms with Crippen molar-refractivity contribution in [3.63, 3.8) is 0 Å². The molecule has 3 fully saturated rings. The van der Waals surface area contributed by atoms with Crippen molar-refractivity contribution < 1.29 is 19.5 Å². The van der Waals surface area contributed by atoms with Crippen molar-refractivity contribution >= 4 is 29.5 Å². The Labute approximate surface area is 177 Å². The van der Waals surface area contributed by atoms with Gasteiger partial charge in [-0.15, -0.1) is 11.8 Å². The van der Waals surface area contributed by atoms with Gasteiger partial charge in [-0.2, -0.15) is 0 Å². The molecular formula is C21H35N3O4S. The van der Waals surface area contributed by atoms with Crippen molar-refractivity contribution in [3.8, 4) is 0 Å². The lowest BCUT2D eigenvalue weighted by atomic mass is 9.66. The molecule has 0 aliphatic carbocycles. The molecule has 0 radical (unpaired) electrons. The van der Waals surface area contributed by atoms with Gasteiger partial charge in [0, 0.05) is 31.5 Å². The Morgan fingerprint density at radius 1 is 1.17 bits per heavy atom. The normalized spacial score (nSPS) is 35.1. The Morgan fingerprint density at radius 3 is 2.55 bits per heavy atom. The maximum Gasteiger partial charge on any atom is 0.244 e. The van der Waals surface area contributed by atoms with E-state index in [1.54, 1.807) is 16.7 Å². The molecule has 3 aliphatic rings. The minimum absolute atomic E-state index is 0.0304. The number of nitrogens with one attached hydrogen (secondary N) is 2. The Kier molecular flexibility index (Phi) is 7.14. The Bertz CT molecular complexity index is 645. The number of nitrogens with zero attached hydrogens (tertiary/aromatic N) is 1. The summed E-state index contributed by atoms with van der Waals surface area (Å²) in [5.74, 6) is -0.901. The van der Waals surface area contributed by atoms with Gasteiger partial charge < -0.3 is 20.6 Å². The number of likely N-dealkylation sites (tertiary alicyclic amines) is 1. The Hall–Kier alpha value is -1.28. The number of carbonyl (C=O) groups is 3. The third kappa shape index (κ3) is 3.67. The monoisotopic (exact) mass is 425 g/mol. The minimum Gasteiger partial charge on any atom is -0.396 e. The van der Waals surface area contributed by atoms with Crippen LogP contribution >= 0.6 is 11.8 Å². The van der Waals surface area contributed by atoms with Crippen LogP contribution in [0.1, 0.15) is 52.9 Å². The molecule has 29 heavy (non-hydrogen) atoms. The smallest absolute Gasteiger partial charge is 0.244 e. The second kappa shape index (κ2) is 9.25. The fraction of sp³-hybridized carbons (Fsp3) is 0.857. The third-order valence-corrected chi connectivity index (χ3v) is 8.81. The second-order valence-corrected chi connectivity index (χ2v) is 10.1. The van der Waals surface area contributed by atoms with E-state index in [4.69, 9.17) is 0 Å². The lowest BCUT2D eigenvalue weighted by Gasteiger charge is -2.38. The van der Waals surface area contributed by atoms with E-state index in [2.05, 4.69) is 24.5 Å². The lowest BCUT2D eigenvalue weighted by molar-refractivity contribution is -0.140. The summed E-state index contributed by atoms with van der Waals surface area (Å²) in [6.07, 6.45) is 4.01.